The number of hydrogen-bond donors (Lipinski definition) is 4. The summed E-state index contributed by atoms with van der Waals surface area (Å²) in [5, 5.41) is 15.7. The maximum atomic E-state index is 13.5. The van der Waals surface area contributed by atoms with Gasteiger partial charge in [-0.25, -0.2) is 18.4 Å². The first kappa shape index (κ1) is 30.6. The third-order valence-electron chi connectivity index (χ3n) is 6.07. The Labute approximate surface area is 249 Å². The van der Waals surface area contributed by atoms with E-state index in [0.717, 1.165) is 5.56 Å². The fraction of sp³-hybridized carbons (Fsp3) is 0.129. The standard InChI is InChI=1S/C30H27N5O6S.CH4/c1-19-8-3-6-13-27(19)41-18-28(37)31-20-9-7-10-24(16-20)42(38,39)35-30-29(33-25-11-4-5-12-26(25)34-30)32-21-14-22(36)17-23(15-21)40-2;/h3-17,36H,18H2,1-2H3,(H,31,37)(H,32,33)(H,34,35);1H4. The topological polar surface area (TPSA) is 152 Å². The Bertz CT molecular complexity index is 1880. The van der Waals surface area contributed by atoms with E-state index in [9.17, 15) is 18.3 Å². The number of methoxy groups -OCH3 is 1. The summed E-state index contributed by atoms with van der Waals surface area (Å²) in [6.45, 7) is 1.62. The number of nitrogens with one attached hydrogen (secondary N) is 3. The Balaban J connectivity index is 0.00000423. The Morgan fingerprint density at radius 3 is 2.28 bits per heavy atom. The Morgan fingerprint density at radius 2 is 1.56 bits per heavy atom. The number of phenols is 1. The van der Waals surface area contributed by atoms with Crippen LogP contribution in [0.3, 0.4) is 0 Å². The second-order valence-corrected chi connectivity index (χ2v) is 10.9. The summed E-state index contributed by atoms with van der Waals surface area (Å²) in [7, 11) is -2.73. The molecular formula is C31H31N5O6S. The predicted molar refractivity (Wildman–Crippen MR) is 167 cm³/mol. The van der Waals surface area contributed by atoms with Crippen molar-refractivity contribution < 1.29 is 27.8 Å². The van der Waals surface area contributed by atoms with E-state index in [0.29, 0.717) is 28.2 Å². The maximum absolute atomic E-state index is 13.5. The minimum atomic E-state index is -4.19. The number of anilines is 4. The Kier molecular flexibility index (Phi) is 9.31. The molecule has 0 fully saturated rings. The molecule has 0 saturated carbocycles. The Morgan fingerprint density at radius 1 is 0.860 bits per heavy atom. The lowest BCUT2D eigenvalue weighted by Crippen LogP contribution is -2.21. The van der Waals surface area contributed by atoms with Crippen molar-refractivity contribution >= 4 is 50.0 Å². The second-order valence-electron chi connectivity index (χ2n) is 9.19. The highest BCUT2D eigenvalue weighted by Gasteiger charge is 2.20. The van der Waals surface area contributed by atoms with Crippen molar-refractivity contribution in [3.8, 4) is 17.2 Å². The van der Waals surface area contributed by atoms with Gasteiger partial charge in [0, 0.05) is 29.6 Å². The van der Waals surface area contributed by atoms with Crippen LogP contribution in [0.15, 0.2) is 95.9 Å². The van der Waals surface area contributed by atoms with Crippen LogP contribution in [-0.2, 0) is 14.8 Å². The number of hydrogen-bond acceptors (Lipinski definition) is 9. The van der Waals surface area contributed by atoms with E-state index in [-0.39, 0.29) is 42.0 Å². The third-order valence-corrected chi connectivity index (χ3v) is 7.41. The van der Waals surface area contributed by atoms with Gasteiger partial charge in [-0.2, -0.15) is 0 Å². The van der Waals surface area contributed by atoms with Crippen molar-refractivity contribution in [2.75, 3.05) is 29.1 Å². The SMILES string of the molecule is C.COc1cc(O)cc(Nc2nc3ccccc3nc2NS(=O)(=O)c2cccc(NC(=O)COc3ccccc3C)c2)c1. The molecule has 5 aromatic rings. The molecule has 0 spiro atoms. The van der Waals surface area contributed by atoms with Gasteiger partial charge in [-0.05, 0) is 48.9 Å². The molecule has 1 heterocycles. The van der Waals surface area contributed by atoms with Crippen molar-refractivity contribution in [1.29, 1.82) is 0 Å². The number of phenolic OH excluding ortho intramolecular Hbond substituents is 1. The molecule has 1 amide bonds. The van der Waals surface area contributed by atoms with E-state index >= 15 is 0 Å². The average Bonchev–Trinajstić information content (AvgIpc) is 2.96. The van der Waals surface area contributed by atoms with Crippen molar-refractivity contribution in [2.45, 2.75) is 19.2 Å². The van der Waals surface area contributed by atoms with Gasteiger partial charge < -0.3 is 25.2 Å². The van der Waals surface area contributed by atoms with E-state index in [1.807, 2.05) is 25.1 Å². The summed E-state index contributed by atoms with van der Waals surface area (Å²) in [5.41, 5.74) is 2.54. The molecule has 1 aromatic heterocycles. The molecule has 0 radical (unpaired) electrons. The molecule has 0 unspecified atom stereocenters. The number of amides is 1. The van der Waals surface area contributed by atoms with Gasteiger partial charge in [-0.15, -0.1) is 0 Å². The molecular weight excluding hydrogens is 570 g/mol. The molecule has 222 valence electrons. The van der Waals surface area contributed by atoms with Crippen molar-refractivity contribution in [3.63, 3.8) is 0 Å². The monoisotopic (exact) mass is 601 g/mol. The molecule has 4 aromatic carbocycles. The van der Waals surface area contributed by atoms with E-state index in [4.69, 9.17) is 9.47 Å². The number of fused-ring (bicyclic) bond motifs is 1. The fourth-order valence-electron chi connectivity index (χ4n) is 4.05. The van der Waals surface area contributed by atoms with Crippen molar-refractivity contribution in [1.82, 2.24) is 9.97 Å². The van der Waals surface area contributed by atoms with Crippen LogP contribution in [0.25, 0.3) is 11.0 Å². The third kappa shape index (κ3) is 7.49. The lowest BCUT2D eigenvalue weighted by Gasteiger charge is -2.15. The molecule has 0 bridgehead atoms. The normalized spacial score (nSPS) is 10.8. The predicted octanol–water partition coefficient (Wildman–Crippen LogP) is 5.85. The number of carbonyl (C=O) groups is 1. The maximum Gasteiger partial charge on any atom is 0.263 e. The zero-order chi connectivity index (χ0) is 29.7. The van der Waals surface area contributed by atoms with Crippen LogP contribution in [0, 0.1) is 6.92 Å². The number of aromatic nitrogens is 2. The number of sulfonamides is 1. The number of carbonyl (C=O) groups excluding carboxylic acids is 1. The van der Waals surface area contributed by atoms with Crippen LogP contribution >= 0.6 is 0 Å². The summed E-state index contributed by atoms with van der Waals surface area (Å²) in [6.07, 6.45) is 0. The van der Waals surface area contributed by atoms with Crippen LogP contribution < -0.4 is 24.8 Å². The van der Waals surface area contributed by atoms with Gasteiger partial charge in [0.25, 0.3) is 15.9 Å². The van der Waals surface area contributed by atoms with Crippen LogP contribution in [-0.4, -0.2) is 43.1 Å². The van der Waals surface area contributed by atoms with E-state index in [1.165, 1.54) is 37.4 Å². The Hall–Kier alpha value is -5.36. The zero-order valence-electron chi connectivity index (χ0n) is 22.7. The number of ether oxygens (including phenoxy) is 2. The van der Waals surface area contributed by atoms with Gasteiger partial charge in [-0.1, -0.05) is 43.8 Å². The smallest absolute Gasteiger partial charge is 0.263 e. The number of rotatable bonds is 10. The lowest BCUT2D eigenvalue weighted by atomic mass is 10.2. The molecule has 43 heavy (non-hydrogen) atoms. The summed E-state index contributed by atoms with van der Waals surface area (Å²) in [4.78, 5) is 21.4. The average molecular weight is 602 g/mol. The summed E-state index contributed by atoms with van der Waals surface area (Å²) in [5.74, 6) is 0.486. The summed E-state index contributed by atoms with van der Waals surface area (Å²) in [6, 6.07) is 24.6. The number of aryl methyl sites for hydroxylation is 1. The highest BCUT2D eigenvalue weighted by molar-refractivity contribution is 7.92. The first-order valence-electron chi connectivity index (χ1n) is 12.7. The molecule has 0 aliphatic rings. The summed E-state index contributed by atoms with van der Waals surface area (Å²) >= 11 is 0. The van der Waals surface area contributed by atoms with E-state index in [2.05, 4.69) is 25.3 Å². The minimum Gasteiger partial charge on any atom is -0.508 e. The number of nitrogens with zero attached hydrogens (tertiary/aromatic N) is 2. The van der Waals surface area contributed by atoms with E-state index < -0.39 is 15.9 Å². The highest BCUT2D eigenvalue weighted by atomic mass is 32.2. The van der Waals surface area contributed by atoms with Gasteiger partial charge in [0.2, 0.25) is 0 Å². The van der Waals surface area contributed by atoms with E-state index in [1.54, 1.807) is 42.5 Å². The van der Waals surface area contributed by atoms with Crippen molar-refractivity contribution in [2.24, 2.45) is 0 Å². The number of benzene rings is 4. The lowest BCUT2D eigenvalue weighted by molar-refractivity contribution is -0.118. The number of para-hydroxylation sites is 3. The molecule has 12 heteroatoms. The van der Waals surface area contributed by atoms with Gasteiger partial charge in [-0.3, -0.25) is 9.52 Å². The molecule has 5 rings (SSSR count). The van der Waals surface area contributed by atoms with Crippen LogP contribution in [0.1, 0.15) is 13.0 Å². The first-order valence-corrected chi connectivity index (χ1v) is 14.2. The zero-order valence-corrected chi connectivity index (χ0v) is 23.5. The van der Waals surface area contributed by atoms with Crippen molar-refractivity contribution in [3.05, 3.63) is 96.6 Å². The van der Waals surface area contributed by atoms with Gasteiger partial charge in [0.15, 0.2) is 18.2 Å². The molecule has 11 nitrogen and oxygen atoms in total. The number of aromatic hydroxyl groups is 1. The molecule has 0 aliphatic heterocycles. The van der Waals surface area contributed by atoms with Crippen LogP contribution in [0.5, 0.6) is 17.2 Å². The molecule has 0 saturated heterocycles. The summed E-state index contributed by atoms with van der Waals surface area (Å²) < 4.78 is 40.2. The quantitative estimate of drug-likeness (QED) is 0.154. The molecule has 4 N–H and O–H groups in total. The van der Waals surface area contributed by atoms with Gasteiger partial charge in [0.1, 0.15) is 17.2 Å². The minimum absolute atomic E-state index is 0. The van der Waals surface area contributed by atoms with Crippen LogP contribution in [0.2, 0.25) is 0 Å². The molecule has 0 aliphatic carbocycles. The highest BCUT2D eigenvalue weighted by Crippen LogP contribution is 2.31. The van der Waals surface area contributed by atoms with Gasteiger partial charge in [0.05, 0.1) is 23.0 Å². The fourth-order valence-corrected chi connectivity index (χ4v) is 5.11. The van der Waals surface area contributed by atoms with Crippen LogP contribution in [0.4, 0.5) is 23.0 Å². The largest absolute Gasteiger partial charge is 0.508 e. The van der Waals surface area contributed by atoms with Gasteiger partial charge >= 0.3 is 0 Å². The molecule has 0 atom stereocenters. The second kappa shape index (κ2) is 13.1. The first-order chi connectivity index (χ1) is 20.2.